The van der Waals surface area contributed by atoms with Crippen LogP contribution in [-0.4, -0.2) is 58.0 Å². The van der Waals surface area contributed by atoms with Gasteiger partial charge in [-0.05, 0) is 45.6 Å². The van der Waals surface area contributed by atoms with E-state index in [1.54, 1.807) is 0 Å². The number of hydrogen-bond donors (Lipinski definition) is 1. The highest BCUT2D eigenvalue weighted by Gasteiger charge is 2.34. The summed E-state index contributed by atoms with van der Waals surface area (Å²) in [6.45, 7) is 2.51. The molecule has 0 spiro atoms. The molecular formula is C24H34N6O2. The van der Waals surface area contributed by atoms with Gasteiger partial charge in [-0.25, -0.2) is 9.97 Å². The van der Waals surface area contributed by atoms with Gasteiger partial charge in [0.1, 0.15) is 5.82 Å². The zero-order valence-corrected chi connectivity index (χ0v) is 19.3. The van der Waals surface area contributed by atoms with Crippen molar-refractivity contribution in [3.05, 3.63) is 34.6 Å². The topological polar surface area (TPSA) is 87.4 Å². The summed E-state index contributed by atoms with van der Waals surface area (Å²) in [4.78, 5) is 27.5. The van der Waals surface area contributed by atoms with E-state index in [-0.39, 0.29) is 11.9 Å². The Labute approximate surface area is 189 Å². The summed E-state index contributed by atoms with van der Waals surface area (Å²) in [5.74, 6) is 2.32. The molecule has 2 fully saturated rings. The lowest BCUT2D eigenvalue weighted by atomic mass is 9.87. The number of rotatable bonds is 4. The number of piperidine rings is 1. The minimum absolute atomic E-state index is 0.0892. The summed E-state index contributed by atoms with van der Waals surface area (Å²) >= 11 is 0. The lowest BCUT2D eigenvalue weighted by Gasteiger charge is -2.35. The standard InChI is InChI=1S/C24H34N6O2/c1-25-22-17-11-13-29(2)15-19(17)26-23(27-22)20-10-6-7-12-30(20)24(31)21-14-18(28-32-21)16-8-4-3-5-9-16/h14,16,20H,3-13,15H2,1-2H3,(H,25,26,27). The number of aromatic nitrogens is 3. The fraction of sp³-hybridized carbons (Fsp3) is 0.667. The molecule has 8 nitrogen and oxygen atoms in total. The second-order valence-corrected chi connectivity index (χ2v) is 9.55. The van der Waals surface area contributed by atoms with Gasteiger partial charge in [-0.1, -0.05) is 24.4 Å². The van der Waals surface area contributed by atoms with Crippen LogP contribution in [0.4, 0.5) is 5.82 Å². The molecule has 0 aromatic carbocycles. The van der Waals surface area contributed by atoms with E-state index >= 15 is 0 Å². The second kappa shape index (κ2) is 9.17. The Morgan fingerprint density at radius 2 is 1.91 bits per heavy atom. The SMILES string of the molecule is CNc1nc(C2CCCCN2C(=O)c2cc(C3CCCCC3)no2)nc2c1CCN(C)C2. The van der Waals surface area contributed by atoms with Crippen molar-refractivity contribution in [3.8, 4) is 0 Å². The highest BCUT2D eigenvalue weighted by molar-refractivity contribution is 5.91. The van der Waals surface area contributed by atoms with Crippen LogP contribution in [0.2, 0.25) is 0 Å². The van der Waals surface area contributed by atoms with Gasteiger partial charge in [-0.3, -0.25) is 4.79 Å². The molecule has 172 valence electrons. The fourth-order valence-electron chi connectivity index (χ4n) is 5.50. The Hall–Kier alpha value is -2.48. The summed E-state index contributed by atoms with van der Waals surface area (Å²) in [6, 6.07) is 1.75. The quantitative estimate of drug-likeness (QED) is 0.774. The van der Waals surface area contributed by atoms with Crippen LogP contribution in [0.15, 0.2) is 10.6 Å². The zero-order chi connectivity index (χ0) is 22.1. The number of fused-ring (bicyclic) bond motifs is 1. The van der Waals surface area contributed by atoms with Crippen molar-refractivity contribution in [3.63, 3.8) is 0 Å². The van der Waals surface area contributed by atoms with Crippen LogP contribution in [0.25, 0.3) is 0 Å². The fourth-order valence-corrected chi connectivity index (χ4v) is 5.50. The zero-order valence-electron chi connectivity index (χ0n) is 19.3. The van der Waals surface area contributed by atoms with Crippen molar-refractivity contribution in [1.29, 1.82) is 0 Å². The predicted molar refractivity (Wildman–Crippen MR) is 122 cm³/mol. The Kier molecular flexibility index (Phi) is 6.13. The normalized spacial score (nSPS) is 22.6. The van der Waals surface area contributed by atoms with Gasteiger partial charge in [0.15, 0.2) is 5.82 Å². The summed E-state index contributed by atoms with van der Waals surface area (Å²) in [5, 5.41) is 7.54. The lowest BCUT2D eigenvalue weighted by molar-refractivity contribution is 0.0557. The highest BCUT2D eigenvalue weighted by atomic mass is 16.5. The molecule has 1 amide bonds. The predicted octanol–water partition coefficient (Wildman–Crippen LogP) is 3.91. The molecule has 1 aliphatic carbocycles. The van der Waals surface area contributed by atoms with Gasteiger partial charge in [0.2, 0.25) is 5.76 Å². The van der Waals surface area contributed by atoms with E-state index in [4.69, 9.17) is 14.5 Å². The number of nitrogens with zero attached hydrogens (tertiary/aromatic N) is 5. The monoisotopic (exact) mass is 438 g/mol. The first-order valence-corrected chi connectivity index (χ1v) is 12.2. The van der Waals surface area contributed by atoms with Crippen LogP contribution < -0.4 is 5.32 Å². The number of anilines is 1. The molecule has 0 radical (unpaired) electrons. The van der Waals surface area contributed by atoms with Crippen LogP contribution in [0, 0.1) is 0 Å². The molecule has 4 heterocycles. The Bertz CT molecular complexity index is 967. The largest absolute Gasteiger partial charge is 0.373 e. The number of amides is 1. The van der Waals surface area contributed by atoms with Crippen molar-refractivity contribution in [2.24, 2.45) is 0 Å². The summed E-state index contributed by atoms with van der Waals surface area (Å²) in [5.41, 5.74) is 3.22. The Balaban J connectivity index is 1.41. The molecule has 1 saturated carbocycles. The van der Waals surface area contributed by atoms with E-state index < -0.39 is 0 Å². The molecule has 1 atom stereocenters. The van der Waals surface area contributed by atoms with E-state index in [1.165, 1.54) is 24.8 Å². The average Bonchev–Trinajstić information content (AvgIpc) is 3.33. The summed E-state index contributed by atoms with van der Waals surface area (Å²) < 4.78 is 5.57. The third-order valence-corrected chi connectivity index (χ3v) is 7.33. The van der Waals surface area contributed by atoms with Gasteiger partial charge < -0.3 is 19.6 Å². The highest BCUT2D eigenvalue weighted by Crippen LogP contribution is 2.35. The molecule has 1 N–H and O–H groups in total. The number of likely N-dealkylation sites (N-methyl/N-ethyl adjacent to an activating group) is 1. The maximum atomic E-state index is 13.5. The molecule has 1 saturated heterocycles. The molecule has 1 unspecified atom stereocenters. The van der Waals surface area contributed by atoms with Crippen LogP contribution in [0.3, 0.4) is 0 Å². The first-order valence-electron chi connectivity index (χ1n) is 12.2. The van der Waals surface area contributed by atoms with Crippen LogP contribution >= 0.6 is 0 Å². The van der Waals surface area contributed by atoms with Gasteiger partial charge in [-0.2, -0.15) is 0 Å². The first kappa shape index (κ1) is 21.4. The van der Waals surface area contributed by atoms with E-state index in [1.807, 2.05) is 18.0 Å². The smallest absolute Gasteiger partial charge is 0.293 e. The third kappa shape index (κ3) is 4.12. The summed E-state index contributed by atoms with van der Waals surface area (Å²) in [7, 11) is 4.03. The Morgan fingerprint density at radius 1 is 1.09 bits per heavy atom. The maximum Gasteiger partial charge on any atom is 0.293 e. The molecule has 5 rings (SSSR count). The van der Waals surface area contributed by atoms with Gasteiger partial charge in [0, 0.05) is 44.2 Å². The van der Waals surface area contributed by atoms with E-state index in [0.717, 1.165) is 74.6 Å². The molecule has 3 aliphatic rings. The van der Waals surface area contributed by atoms with Crippen molar-refractivity contribution >= 4 is 11.7 Å². The molecular weight excluding hydrogens is 404 g/mol. The molecule has 2 aliphatic heterocycles. The molecule has 0 bridgehead atoms. The number of likely N-dealkylation sites (tertiary alicyclic amines) is 1. The lowest BCUT2D eigenvalue weighted by Crippen LogP contribution is -2.39. The van der Waals surface area contributed by atoms with E-state index in [9.17, 15) is 4.79 Å². The third-order valence-electron chi connectivity index (χ3n) is 7.33. The van der Waals surface area contributed by atoms with E-state index in [2.05, 4.69) is 22.4 Å². The number of carbonyl (C=O) groups excluding carboxylic acids is 1. The van der Waals surface area contributed by atoms with Gasteiger partial charge in [0.25, 0.3) is 5.91 Å². The van der Waals surface area contributed by atoms with Crippen LogP contribution in [-0.2, 0) is 13.0 Å². The minimum atomic E-state index is -0.135. The molecule has 32 heavy (non-hydrogen) atoms. The van der Waals surface area contributed by atoms with Crippen LogP contribution in [0.5, 0.6) is 0 Å². The number of hydrogen-bond acceptors (Lipinski definition) is 7. The Morgan fingerprint density at radius 3 is 2.72 bits per heavy atom. The summed E-state index contributed by atoms with van der Waals surface area (Å²) in [6.07, 6.45) is 9.88. The average molecular weight is 439 g/mol. The van der Waals surface area contributed by atoms with Crippen molar-refractivity contribution < 1.29 is 9.32 Å². The van der Waals surface area contributed by atoms with Crippen molar-refractivity contribution in [2.75, 3.05) is 32.5 Å². The second-order valence-electron chi connectivity index (χ2n) is 9.55. The van der Waals surface area contributed by atoms with Crippen molar-refractivity contribution in [1.82, 2.24) is 24.9 Å². The molecule has 2 aromatic rings. The first-order chi connectivity index (χ1) is 15.6. The number of carbonyl (C=O) groups is 1. The van der Waals surface area contributed by atoms with Crippen molar-refractivity contribution in [2.45, 2.75) is 76.3 Å². The van der Waals surface area contributed by atoms with Crippen LogP contribution in [0.1, 0.15) is 96.7 Å². The molecule has 2 aromatic heterocycles. The molecule has 8 heteroatoms. The van der Waals surface area contributed by atoms with Gasteiger partial charge in [0.05, 0.1) is 17.4 Å². The minimum Gasteiger partial charge on any atom is -0.373 e. The van der Waals surface area contributed by atoms with Gasteiger partial charge >= 0.3 is 0 Å². The maximum absolute atomic E-state index is 13.5. The van der Waals surface area contributed by atoms with Gasteiger partial charge in [-0.15, -0.1) is 0 Å². The van der Waals surface area contributed by atoms with E-state index in [0.29, 0.717) is 18.2 Å². The number of nitrogens with one attached hydrogen (secondary N) is 1.